The molecular weight excluding hydrogens is 290 g/mol. The molecule has 2 heterocycles. The summed E-state index contributed by atoms with van der Waals surface area (Å²) in [7, 11) is 0. The number of nitrogens with zero attached hydrogens (tertiary/aromatic N) is 1. The van der Waals surface area contributed by atoms with Crippen molar-refractivity contribution < 1.29 is 4.79 Å². The minimum atomic E-state index is 0.0806. The van der Waals surface area contributed by atoms with Crippen LogP contribution < -0.4 is 26.6 Å². The van der Waals surface area contributed by atoms with Gasteiger partial charge in [0.15, 0.2) is 0 Å². The van der Waals surface area contributed by atoms with E-state index in [-0.39, 0.29) is 11.8 Å². The van der Waals surface area contributed by atoms with Gasteiger partial charge in [-0.2, -0.15) is 5.53 Å². The van der Waals surface area contributed by atoms with Gasteiger partial charge in [-0.25, -0.2) is 10.9 Å². The first-order valence-electron chi connectivity index (χ1n) is 8.72. The van der Waals surface area contributed by atoms with Crippen molar-refractivity contribution in [1.29, 1.82) is 0 Å². The molecule has 6 nitrogen and oxygen atoms in total. The Balaban J connectivity index is 1.44. The van der Waals surface area contributed by atoms with Gasteiger partial charge in [-0.3, -0.25) is 4.79 Å². The lowest BCUT2D eigenvalue weighted by Crippen LogP contribution is -2.42. The number of carbonyl (C=O) groups excluding carboxylic acids is 1. The molecule has 4 rings (SSSR count). The van der Waals surface area contributed by atoms with Gasteiger partial charge in [0.05, 0.1) is 11.4 Å². The van der Waals surface area contributed by atoms with Crippen LogP contribution in [0.5, 0.6) is 0 Å². The Bertz CT molecular complexity index is 572. The van der Waals surface area contributed by atoms with E-state index in [4.69, 9.17) is 0 Å². The second kappa shape index (κ2) is 6.47. The highest BCUT2D eigenvalue weighted by atomic mass is 16.1. The molecule has 3 atom stereocenters. The zero-order chi connectivity index (χ0) is 15.6. The fourth-order valence-corrected chi connectivity index (χ4v) is 4.02. The average Bonchev–Trinajstić information content (AvgIpc) is 3.26. The second-order valence-electron chi connectivity index (χ2n) is 6.84. The molecular formula is C17H25N5O. The van der Waals surface area contributed by atoms with Gasteiger partial charge >= 0.3 is 0 Å². The summed E-state index contributed by atoms with van der Waals surface area (Å²) in [4.78, 5) is 15.1. The van der Waals surface area contributed by atoms with Gasteiger partial charge in [-0.05, 0) is 44.2 Å². The molecule has 2 aliphatic heterocycles. The highest BCUT2D eigenvalue weighted by Crippen LogP contribution is 2.31. The van der Waals surface area contributed by atoms with E-state index in [0.717, 1.165) is 43.7 Å². The lowest BCUT2D eigenvalue weighted by Gasteiger charge is -2.30. The lowest BCUT2D eigenvalue weighted by molar-refractivity contribution is -0.121. The van der Waals surface area contributed by atoms with Crippen molar-refractivity contribution in [3.8, 4) is 0 Å². The van der Waals surface area contributed by atoms with Gasteiger partial charge in [0.2, 0.25) is 5.91 Å². The van der Waals surface area contributed by atoms with Crippen molar-refractivity contribution in [3.63, 3.8) is 0 Å². The molecule has 6 heteroatoms. The van der Waals surface area contributed by atoms with Crippen LogP contribution in [0.2, 0.25) is 0 Å². The van der Waals surface area contributed by atoms with E-state index in [1.54, 1.807) is 0 Å². The number of hydrogen-bond donors (Lipinski definition) is 4. The van der Waals surface area contributed by atoms with E-state index < -0.39 is 0 Å². The molecule has 2 saturated heterocycles. The first kappa shape index (κ1) is 14.9. The molecule has 0 spiro atoms. The Kier molecular flexibility index (Phi) is 4.20. The maximum atomic E-state index is 12.7. The van der Waals surface area contributed by atoms with Gasteiger partial charge in [0, 0.05) is 31.1 Å². The minimum absolute atomic E-state index is 0.0806. The van der Waals surface area contributed by atoms with Crippen molar-refractivity contribution in [2.24, 2.45) is 5.92 Å². The van der Waals surface area contributed by atoms with Crippen molar-refractivity contribution in [2.45, 2.75) is 44.2 Å². The number of fused-ring (bicyclic) bond motifs is 1. The highest BCUT2D eigenvalue weighted by Gasteiger charge is 2.36. The zero-order valence-electron chi connectivity index (χ0n) is 13.3. The van der Waals surface area contributed by atoms with Crippen LogP contribution in [0.4, 0.5) is 11.4 Å². The van der Waals surface area contributed by atoms with Crippen LogP contribution in [-0.2, 0) is 4.79 Å². The number of anilines is 2. The smallest absolute Gasteiger partial charge is 0.227 e. The maximum absolute atomic E-state index is 12.7. The number of carbonyl (C=O) groups is 1. The summed E-state index contributed by atoms with van der Waals surface area (Å²) >= 11 is 0. The fourth-order valence-electron chi connectivity index (χ4n) is 4.02. The van der Waals surface area contributed by atoms with Crippen LogP contribution >= 0.6 is 0 Å². The summed E-state index contributed by atoms with van der Waals surface area (Å²) in [6, 6.07) is 8.97. The van der Waals surface area contributed by atoms with Crippen molar-refractivity contribution in [1.82, 2.24) is 16.4 Å². The summed E-state index contributed by atoms with van der Waals surface area (Å²) in [6.07, 6.45) is 5.31. The monoisotopic (exact) mass is 315 g/mol. The summed E-state index contributed by atoms with van der Waals surface area (Å²) in [5.74, 6) is 0.237. The number of para-hydroxylation sites is 2. The first-order chi connectivity index (χ1) is 11.3. The molecule has 1 aromatic rings. The second-order valence-corrected chi connectivity index (χ2v) is 6.84. The van der Waals surface area contributed by atoms with Crippen LogP contribution in [0, 0.1) is 5.92 Å². The first-order valence-corrected chi connectivity index (χ1v) is 8.72. The van der Waals surface area contributed by atoms with Gasteiger partial charge in [0.25, 0.3) is 0 Å². The lowest BCUT2D eigenvalue weighted by atomic mass is 9.82. The molecule has 0 bridgehead atoms. The van der Waals surface area contributed by atoms with Gasteiger partial charge in [0.1, 0.15) is 0 Å². The van der Waals surface area contributed by atoms with Crippen LogP contribution in [0.15, 0.2) is 24.3 Å². The van der Waals surface area contributed by atoms with Gasteiger partial charge in [-0.1, -0.05) is 12.1 Å². The zero-order valence-corrected chi connectivity index (χ0v) is 13.3. The highest BCUT2D eigenvalue weighted by molar-refractivity contribution is 5.96. The van der Waals surface area contributed by atoms with Crippen molar-refractivity contribution in [3.05, 3.63) is 24.3 Å². The summed E-state index contributed by atoms with van der Waals surface area (Å²) in [5.41, 5.74) is 11.5. The summed E-state index contributed by atoms with van der Waals surface area (Å²) < 4.78 is 0. The fraction of sp³-hybridized carbons (Fsp3) is 0.588. The Morgan fingerprint density at radius 2 is 1.87 bits per heavy atom. The topological polar surface area (TPSA) is 68.4 Å². The Labute approximate surface area is 136 Å². The molecule has 3 unspecified atom stereocenters. The molecule has 3 fully saturated rings. The number of benzene rings is 1. The van der Waals surface area contributed by atoms with E-state index in [2.05, 4.69) is 32.7 Å². The van der Waals surface area contributed by atoms with E-state index in [1.165, 1.54) is 12.8 Å². The third-order valence-corrected chi connectivity index (χ3v) is 5.34. The molecule has 1 aliphatic carbocycles. The summed E-state index contributed by atoms with van der Waals surface area (Å²) in [5, 5.41) is 3.19. The quantitative estimate of drug-likeness (QED) is 0.678. The molecule has 0 radical (unpaired) electrons. The normalized spacial score (nSPS) is 30.3. The van der Waals surface area contributed by atoms with Crippen LogP contribution in [0.1, 0.15) is 32.1 Å². The Hall–Kier alpha value is -1.63. The molecule has 1 aromatic carbocycles. The van der Waals surface area contributed by atoms with Crippen molar-refractivity contribution >= 4 is 17.3 Å². The number of hydrogen-bond acceptors (Lipinski definition) is 5. The molecule has 0 aromatic heterocycles. The molecule has 4 N–H and O–H groups in total. The van der Waals surface area contributed by atoms with Crippen molar-refractivity contribution in [2.75, 3.05) is 23.3 Å². The van der Waals surface area contributed by atoms with Gasteiger partial charge in [-0.15, -0.1) is 0 Å². The van der Waals surface area contributed by atoms with E-state index in [0.29, 0.717) is 12.1 Å². The third-order valence-electron chi connectivity index (χ3n) is 5.34. The third kappa shape index (κ3) is 3.06. The Morgan fingerprint density at radius 1 is 1.09 bits per heavy atom. The summed E-state index contributed by atoms with van der Waals surface area (Å²) in [6.45, 7) is 2.17. The molecule has 23 heavy (non-hydrogen) atoms. The number of rotatable bonds is 3. The molecule has 3 aliphatic rings. The van der Waals surface area contributed by atoms with E-state index in [1.807, 2.05) is 18.2 Å². The SMILES string of the molecule is O=C(Nc1ccccc1N1CCCC1)C1CCC2NNNC2C1. The van der Waals surface area contributed by atoms with Gasteiger partial charge < -0.3 is 10.2 Å². The van der Waals surface area contributed by atoms with Crippen LogP contribution in [0.3, 0.4) is 0 Å². The number of nitrogens with one attached hydrogen (secondary N) is 4. The average molecular weight is 315 g/mol. The molecule has 1 amide bonds. The number of amides is 1. The van der Waals surface area contributed by atoms with E-state index >= 15 is 0 Å². The Morgan fingerprint density at radius 3 is 2.74 bits per heavy atom. The van der Waals surface area contributed by atoms with Crippen LogP contribution in [-0.4, -0.2) is 31.1 Å². The predicted molar refractivity (Wildman–Crippen MR) is 90.8 cm³/mol. The predicted octanol–water partition coefficient (Wildman–Crippen LogP) is 1.37. The molecule has 1 saturated carbocycles. The number of hydrazine groups is 2. The molecule has 124 valence electrons. The minimum Gasteiger partial charge on any atom is -0.370 e. The standard InChI is InChI=1S/C17H25N5O/c23-17(12-7-8-13-15(11-12)20-21-19-13)18-14-5-1-2-6-16(14)22-9-3-4-10-22/h1-2,5-6,12-13,15,19-21H,3-4,7-11H2,(H,18,23). The van der Waals surface area contributed by atoms with Crippen LogP contribution in [0.25, 0.3) is 0 Å². The maximum Gasteiger partial charge on any atom is 0.227 e. The largest absolute Gasteiger partial charge is 0.370 e. The van der Waals surface area contributed by atoms with E-state index in [9.17, 15) is 4.79 Å².